The summed E-state index contributed by atoms with van der Waals surface area (Å²) in [7, 11) is 7.88. The minimum absolute atomic E-state index is 0.131. The van der Waals surface area contributed by atoms with Gasteiger partial charge in [0.2, 0.25) is 22.8 Å². The van der Waals surface area contributed by atoms with Gasteiger partial charge in [-0.15, -0.1) is 0 Å². The highest BCUT2D eigenvalue weighted by Crippen LogP contribution is 2.38. The van der Waals surface area contributed by atoms with Crippen LogP contribution in [0.3, 0.4) is 0 Å². The second-order valence-corrected chi connectivity index (χ2v) is 28.2. The van der Waals surface area contributed by atoms with Crippen LogP contribution < -0.4 is 18.3 Å². The minimum Gasteiger partial charge on any atom is -0.201 e. The number of benzene rings is 8. The first kappa shape index (κ1) is 57.2. The lowest BCUT2D eigenvalue weighted by molar-refractivity contribution is -0.661. The van der Waals surface area contributed by atoms with Crippen LogP contribution >= 0.6 is 0 Å². The first-order valence-corrected chi connectivity index (χ1v) is 34.8. The number of pyridine rings is 4. The van der Waals surface area contributed by atoms with Gasteiger partial charge in [-0.25, -0.2) is 18.3 Å². The van der Waals surface area contributed by atoms with Crippen molar-refractivity contribution >= 4 is 0 Å². The molecule has 0 unspecified atom stereocenters. The third kappa shape index (κ3) is 17.1. The van der Waals surface area contributed by atoms with Crippen molar-refractivity contribution in [2.75, 3.05) is 0 Å². The van der Waals surface area contributed by atoms with Crippen molar-refractivity contribution in [2.24, 2.45) is 28.2 Å². The van der Waals surface area contributed by atoms with Gasteiger partial charge in [-0.05, 0) is 242 Å². The molecule has 0 N–H and O–H groups in total. The first-order chi connectivity index (χ1) is 53.0. The molecule has 0 aliphatic heterocycles. The lowest BCUT2D eigenvalue weighted by atomic mass is 9.91. The molecule has 0 saturated carbocycles. The lowest BCUT2D eigenvalue weighted by Crippen LogP contribution is -2.32. The molecule has 0 bridgehead atoms. The summed E-state index contributed by atoms with van der Waals surface area (Å²) >= 11 is 0. The monoisotopic (exact) mass is 1330 g/mol. The van der Waals surface area contributed by atoms with E-state index in [0.29, 0.717) is 39.8 Å². The van der Waals surface area contributed by atoms with Crippen molar-refractivity contribution in [3.63, 3.8) is 0 Å². The fourth-order valence-corrected chi connectivity index (χ4v) is 13.8. The molecule has 8 aromatic carbocycles. The van der Waals surface area contributed by atoms with E-state index in [2.05, 4.69) is 202 Å². The Morgan fingerprint density at radius 1 is 0.240 bits per heavy atom. The van der Waals surface area contributed by atoms with E-state index in [1.807, 2.05) is 98.3 Å². The molecule has 0 atom stereocenters. The summed E-state index contributed by atoms with van der Waals surface area (Å²) < 4.78 is 121. The number of nitrogens with zero attached hydrogens (tertiary/aromatic N) is 4. The van der Waals surface area contributed by atoms with Gasteiger partial charge in [-0.2, -0.15) is 0 Å². The van der Waals surface area contributed by atoms with Crippen LogP contribution in [0.2, 0.25) is 0 Å². The van der Waals surface area contributed by atoms with Gasteiger partial charge in [0.1, 0.15) is 28.2 Å². The van der Waals surface area contributed by atoms with Crippen molar-refractivity contribution < 1.29 is 37.5 Å². The smallest absolute Gasteiger partial charge is 0.201 e. The van der Waals surface area contributed by atoms with E-state index < -0.39 is 39.2 Å². The Balaban J connectivity index is 0.000000175. The van der Waals surface area contributed by atoms with E-state index in [1.165, 1.54) is 89.3 Å². The molecule has 0 aliphatic carbocycles. The van der Waals surface area contributed by atoms with Gasteiger partial charge in [0.15, 0.2) is 24.8 Å². The molecule has 0 saturated heterocycles. The molecule has 0 fully saturated rings. The van der Waals surface area contributed by atoms with Crippen molar-refractivity contribution in [3.05, 3.63) is 308 Å². The second kappa shape index (κ2) is 32.6. The molecule has 12 rings (SSSR count). The molecule has 4 nitrogen and oxygen atoms in total. The Morgan fingerprint density at radius 2 is 0.510 bits per heavy atom. The van der Waals surface area contributed by atoms with Crippen molar-refractivity contribution in [1.82, 2.24) is 0 Å². The topological polar surface area (TPSA) is 15.5 Å². The van der Waals surface area contributed by atoms with Crippen LogP contribution in [0.15, 0.2) is 219 Å². The zero-order valence-electron chi connectivity index (χ0n) is 76.7. The fraction of sp³-hybridized carbons (Fsp3) is 0.292. The zero-order valence-corrected chi connectivity index (χ0v) is 62.7. The van der Waals surface area contributed by atoms with Crippen LogP contribution in [0.25, 0.3) is 89.5 Å². The quantitative estimate of drug-likeness (QED) is 0.108. The van der Waals surface area contributed by atoms with Gasteiger partial charge in [0.05, 0.1) is 0 Å². The number of rotatable bonds is 12. The van der Waals surface area contributed by atoms with E-state index in [1.54, 1.807) is 76.0 Å². The van der Waals surface area contributed by atoms with Gasteiger partial charge in [0.25, 0.3) is 0 Å². The molecule has 4 aromatic heterocycles. The Labute approximate surface area is 622 Å². The number of aromatic nitrogens is 4. The minimum atomic E-state index is -2.38. The lowest BCUT2D eigenvalue weighted by Gasteiger charge is -2.14. The van der Waals surface area contributed by atoms with E-state index >= 15 is 0 Å². The van der Waals surface area contributed by atoms with Crippen LogP contribution in [0.1, 0.15) is 187 Å². The molecule has 4 heterocycles. The second-order valence-electron chi connectivity index (χ2n) is 28.2. The molecule has 12 aromatic rings. The predicted molar refractivity (Wildman–Crippen MR) is 427 cm³/mol. The molecule has 0 aliphatic rings. The molecule has 4 heteroatoms. The van der Waals surface area contributed by atoms with E-state index in [-0.39, 0.29) is 22.3 Å². The molecular formula is C96H112N4+4. The highest BCUT2D eigenvalue weighted by Gasteiger charge is 2.24. The van der Waals surface area contributed by atoms with E-state index in [4.69, 9.17) is 19.2 Å². The summed E-state index contributed by atoms with van der Waals surface area (Å²) in [5, 5.41) is 0. The first-order valence-electron chi connectivity index (χ1n) is 41.8. The summed E-state index contributed by atoms with van der Waals surface area (Å²) in [6, 6.07) is 64.4. The van der Waals surface area contributed by atoms with Gasteiger partial charge < -0.3 is 0 Å². The predicted octanol–water partition coefficient (Wildman–Crippen LogP) is 23.6. The van der Waals surface area contributed by atoms with E-state index in [9.17, 15) is 0 Å². The number of aryl methyl sites for hydroxylation is 16. The summed E-state index contributed by atoms with van der Waals surface area (Å²) in [5.41, 5.74) is 30.1. The molecule has 0 radical (unpaired) electrons. The average molecular weight is 1340 g/mol. The van der Waals surface area contributed by atoms with Crippen molar-refractivity contribution in [3.8, 4) is 89.5 Å². The van der Waals surface area contributed by atoms with Crippen molar-refractivity contribution in [1.29, 1.82) is 0 Å². The zero-order chi connectivity index (χ0) is 84.4. The van der Waals surface area contributed by atoms with Gasteiger partial charge in [-0.3, -0.25) is 0 Å². The molecule has 0 spiro atoms. The fourth-order valence-electron chi connectivity index (χ4n) is 13.8. The van der Waals surface area contributed by atoms with Crippen LogP contribution in [-0.2, 0) is 28.2 Å². The largest absolute Gasteiger partial charge is 0.212 e. The maximum Gasteiger partial charge on any atom is 0.212 e. The highest BCUT2D eigenvalue weighted by molar-refractivity contribution is 5.80. The third-order valence-corrected chi connectivity index (χ3v) is 19.2. The standard InChI is InChI=1S/4C24H28N/c2*1-16(2)21-14-24(25(6)15-19(21)5)23-13-22(17(3)12-18(23)4)20-10-8-7-9-11-20;2*1-16(2)23-15-25(6)24(13-19(23)5)22-14-21(17(3)12-18(22)4)20-10-8-7-9-11-20/h4*7-16H,1-6H3/q4*+1/i3D3,5D3,16D;;3D3,5D3,16D;. The van der Waals surface area contributed by atoms with Crippen LogP contribution in [0.4, 0.5) is 0 Å². The van der Waals surface area contributed by atoms with Crippen molar-refractivity contribution in [2.45, 2.75) is 162 Å². The summed E-state index contributed by atoms with van der Waals surface area (Å²) in [6.45, 7) is 23.3. The third-order valence-electron chi connectivity index (χ3n) is 19.2. The Morgan fingerprint density at radius 3 is 0.840 bits per heavy atom. The summed E-state index contributed by atoms with van der Waals surface area (Å²) in [6.07, 6.45) is 7.81. The van der Waals surface area contributed by atoms with Crippen LogP contribution in [-0.4, -0.2) is 0 Å². The molecule has 512 valence electrons. The number of hydrogen-bond acceptors (Lipinski definition) is 0. The van der Waals surface area contributed by atoms with Gasteiger partial charge >= 0.3 is 0 Å². The Hall–Kier alpha value is -9.64. The normalized spacial score (nSPS) is 13.9. The SMILES string of the molecule is Cc1cc(C)c(-c2cc(C(C)C)c(C)c[n+]2C)cc1-c1ccccc1.Cc1cc(C)c(-c2cc(C)c(C(C)C)c[n+]2C)cc1-c1ccccc1.[2H]C([2H])([2H])c1cc(C)c(-c2cc(C([2H])(C)C)c(C([2H])([2H])[2H])c[n+]2C)cc1-c1ccccc1.[2H]C([2H])([2H])c1cc(C)c(-c2cc(C([2H])([2H])[2H])c(C([2H])(C)C)c[n+]2C)cc1-c1ccccc1. The van der Waals surface area contributed by atoms with E-state index in [0.717, 1.165) is 39.1 Å². The Kier molecular flexibility index (Phi) is 18.6. The molecule has 100 heavy (non-hydrogen) atoms. The number of hydrogen-bond donors (Lipinski definition) is 0. The molecule has 0 amide bonds. The van der Waals surface area contributed by atoms with Gasteiger partial charge in [-0.1, -0.05) is 201 Å². The average Bonchev–Trinajstić information content (AvgIpc) is 0.760. The maximum atomic E-state index is 8.54. The maximum absolute atomic E-state index is 8.54. The summed E-state index contributed by atoms with van der Waals surface area (Å²) in [4.78, 5) is 0. The Bertz CT molecular complexity index is 5270. The van der Waals surface area contributed by atoms with Crippen LogP contribution in [0, 0.1) is 82.8 Å². The van der Waals surface area contributed by atoms with Crippen LogP contribution in [0.5, 0.6) is 0 Å². The molecular weight excluding hydrogens is 1210 g/mol. The summed E-state index contributed by atoms with van der Waals surface area (Å²) in [5.74, 6) is -1.14. The van der Waals surface area contributed by atoms with Gasteiger partial charge in [0, 0.05) is 88.0 Å². The highest BCUT2D eigenvalue weighted by atomic mass is 14.9.